The summed E-state index contributed by atoms with van der Waals surface area (Å²) in [6, 6.07) is 10.1. The minimum absolute atomic E-state index is 0.392. The summed E-state index contributed by atoms with van der Waals surface area (Å²) in [6.45, 7) is 1.99. The van der Waals surface area contributed by atoms with Crippen molar-refractivity contribution in [3.05, 3.63) is 41.6 Å². The minimum Gasteiger partial charge on any atom is -0.377 e. The lowest BCUT2D eigenvalue weighted by Gasteiger charge is -2.07. The Kier molecular flexibility index (Phi) is 3.49. The van der Waals surface area contributed by atoms with Crippen molar-refractivity contribution in [3.63, 3.8) is 0 Å². The van der Waals surface area contributed by atoms with Crippen LogP contribution in [0.2, 0.25) is 0 Å². The van der Waals surface area contributed by atoms with E-state index in [0.29, 0.717) is 5.17 Å². The molecule has 4 nitrogen and oxygen atoms in total. The van der Waals surface area contributed by atoms with E-state index >= 15 is 0 Å². The quantitative estimate of drug-likeness (QED) is 0.367. The number of hydrogen-bond acceptors (Lipinski definition) is 4. The van der Waals surface area contributed by atoms with Crippen molar-refractivity contribution < 1.29 is 0 Å². The van der Waals surface area contributed by atoms with E-state index in [1.54, 1.807) is 0 Å². The van der Waals surface area contributed by atoms with Crippen molar-refractivity contribution in [1.29, 1.82) is 0 Å². The highest BCUT2D eigenvalue weighted by Gasteiger charge is 2.04. The second-order valence-corrected chi connectivity index (χ2v) is 4.69. The Balaban J connectivity index is 2.38. The van der Waals surface area contributed by atoms with Crippen LogP contribution in [-0.2, 0) is 5.75 Å². The van der Waals surface area contributed by atoms with Gasteiger partial charge in [0.2, 0.25) is 0 Å². The molecule has 4 N–H and O–H groups in total. The smallest absolute Gasteiger partial charge is 0.177 e. The van der Waals surface area contributed by atoms with Gasteiger partial charge in [-0.15, -0.1) is 0 Å². The van der Waals surface area contributed by atoms with Crippen LogP contribution in [0.4, 0.5) is 0 Å². The van der Waals surface area contributed by atoms with Gasteiger partial charge < -0.3 is 11.6 Å². The van der Waals surface area contributed by atoms with Crippen LogP contribution in [0.3, 0.4) is 0 Å². The van der Waals surface area contributed by atoms with Crippen LogP contribution in [0.15, 0.2) is 35.4 Å². The van der Waals surface area contributed by atoms with Gasteiger partial charge in [0, 0.05) is 16.8 Å². The van der Waals surface area contributed by atoms with Crippen LogP contribution in [0.1, 0.15) is 11.3 Å². The van der Waals surface area contributed by atoms with Gasteiger partial charge in [-0.05, 0) is 24.6 Å². The van der Waals surface area contributed by atoms with Crippen molar-refractivity contribution >= 4 is 27.8 Å². The molecule has 0 saturated heterocycles. The largest absolute Gasteiger partial charge is 0.377 e. The molecule has 0 radical (unpaired) electrons. The molecule has 0 amide bonds. The third-order valence-corrected chi connectivity index (χ3v) is 3.29. The predicted molar refractivity (Wildman–Crippen MR) is 73.6 cm³/mol. The third kappa shape index (κ3) is 2.68. The van der Waals surface area contributed by atoms with E-state index in [1.807, 2.05) is 25.1 Å². The number of pyridine rings is 1. The molecule has 0 atom stereocenters. The highest BCUT2D eigenvalue weighted by atomic mass is 32.2. The maximum Gasteiger partial charge on any atom is 0.177 e. The molecule has 17 heavy (non-hydrogen) atoms. The second-order valence-electron chi connectivity index (χ2n) is 3.70. The van der Waals surface area contributed by atoms with Crippen LogP contribution < -0.4 is 11.6 Å². The molecule has 1 heterocycles. The normalized spacial score (nSPS) is 11.9. The molecule has 1 aromatic heterocycles. The monoisotopic (exact) mass is 246 g/mol. The second kappa shape index (κ2) is 5.05. The molecular weight excluding hydrogens is 232 g/mol. The molecule has 5 heteroatoms. The van der Waals surface area contributed by atoms with E-state index in [2.05, 4.69) is 22.2 Å². The Morgan fingerprint density at radius 1 is 1.41 bits per heavy atom. The maximum atomic E-state index is 5.58. The van der Waals surface area contributed by atoms with Crippen LogP contribution in [-0.4, -0.2) is 10.2 Å². The number of nitrogens with two attached hydrogens (primary N) is 2. The first kappa shape index (κ1) is 11.7. The molecule has 0 saturated carbocycles. The lowest BCUT2D eigenvalue weighted by molar-refractivity contribution is 1.23. The molecule has 0 spiro atoms. The molecule has 0 aliphatic carbocycles. The first-order chi connectivity index (χ1) is 8.20. The van der Waals surface area contributed by atoms with Gasteiger partial charge in [0.05, 0.1) is 5.52 Å². The molecule has 1 aromatic carbocycles. The summed E-state index contributed by atoms with van der Waals surface area (Å²) in [4.78, 5) is 4.49. The van der Waals surface area contributed by atoms with E-state index in [0.717, 1.165) is 22.3 Å². The Labute approximate surface area is 104 Å². The lowest BCUT2D eigenvalue weighted by Crippen LogP contribution is -2.09. The maximum absolute atomic E-state index is 5.58. The molecule has 0 unspecified atom stereocenters. The Morgan fingerprint density at radius 2 is 2.18 bits per heavy atom. The van der Waals surface area contributed by atoms with Crippen LogP contribution in [0.25, 0.3) is 10.9 Å². The molecule has 2 aromatic rings. The summed E-state index contributed by atoms with van der Waals surface area (Å²) in [5, 5.41) is 4.99. The number of hydrogen-bond donors (Lipinski definition) is 2. The van der Waals surface area contributed by atoms with Gasteiger partial charge in [-0.3, -0.25) is 4.98 Å². The van der Waals surface area contributed by atoms with Crippen molar-refractivity contribution in [3.8, 4) is 0 Å². The van der Waals surface area contributed by atoms with E-state index in [1.165, 1.54) is 17.3 Å². The number of thioether (sulfide) groups is 1. The summed E-state index contributed by atoms with van der Waals surface area (Å²) in [5.74, 6) is 5.85. The van der Waals surface area contributed by atoms with Gasteiger partial charge >= 0.3 is 0 Å². The number of para-hydroxylation sites is 1. The van der Waals surface area contributed by atoms with Gasteiger partial charge in [-0.25, -0.2) is 0 Å². The fourth-order valence-electron chi connectivity index (χ4n) is 1.70. The van der Waals surface area contributed by atoms with Gasteiger partial charge in [0.1, 0.15) is 0 Å². The van der Waals surface area contributed by atoms with Crippen molar-refractivity contribution in [2.24, 2.45) is 16.7 Å². The Hall–Kier alpha value is -1.75. The SMILES string of the molecule is Cc1cc(CSC(N)=NN)c2ccccc2n1. The number of fused-ring (bicyclic) bond motifs is 1. The summed E-state index contributed by atoms with van der Waals surface area (Å²) in [7, 11) is 0. The summed E-state index contributed by atoms with van der Waals surface area (Å²) in [6.07, 6.45) is 0. The fourth-order valence-corrected chi connectivity index (χ4v) is 2.32. The highest BCUT2D eigenvalue weighted by molar-refractivity contribution is 8.13. The zero-order valence-electron chi connectivity index (χ0n) is 9.55. The van der Waals surface area contributed by atoms with E-state index in [-0.39, 0.29) is 0 Å². The van der Waals surface area contributed by atoms with E-state index < -0.39 is 0 Å². The fraction of sp³-hybridized carbons (Fsp3) is 0.167. The molecule has 2 rings (SSSR count). The molecule has 0 fully saturated rings. The summed E-state index contributed by atoms with van der Waals surface area (Å²) < 4.78 is 0. The highest BCUT2D eigenvalue weighted by Crippen LogP contribution is 2.22. The van der Waals surface area contributed by atoms with Gasteiger partial charge in [0.25, 0.3) is 0 Å². The number of aromatic nitrogens is 1. The van der Waals surface area contributed by atoms with Gasteiger partial charge in [0.15, 0.2) is 5.17 Å². The Bertz CT molecular complexity index is 565. The van der Waals surface area contributed by atoms with E-state index in [9.17, 15) is 0 Å². The molecule has 0 aliphatic rings. The molecule has 0 bridgehead atoms. The van der Waals surface area contributed by atoms with Crippen LogP contribution >= 0.6 is 11.8 Å². The number of hydrazone groups is 1. The number of benzene rings is 1. The average Bonchev–Trinajstić information content (AvgIpc) is 2.35. The van der Waals surface area contributed by atoms with Crippen molar-refractivity contribution in [1.82, 2.24) is 4.98 Å². The first-order valence-corrected chi connectivity index (χ1v) is 6.20. The Morgan fingerprint density at radius 3 is 2.94 bits per heavy atom. The number of nitrogens with zero attached hydrogens (tertiary/aromatic N) is 2. The average molecular weight is 246 g/mol. The topological polar surface area (TPSA) is 77.3 Å². The zero-order valence-corrected chi connectivity index (χ0v) is 10.4. The third-order valence-electron chi connectivity index (χ3n) is 2.43. The lowest BCUT2D eigenvalue weighted by atomic mass is 10.1. The van der Waals surface area contributed by atoms with Crippen molar-refractivity contribution in [2.75, 3.05) is 0 Å². The number of amidine groups is 1. The number of aryl methyl sites for hydroxylation is 1. The minimum atomic E-state index is 0.392. The van der Waals surface area contributed by atoms with Crippen LogP contribution in [0.5, 0.6) is 0 Å². The standard InChI is InChI=1S/C12H14N4S/c1-8-6-9(7-17-12(13)16-14)10-4-2-3-5-11(10)15-8/h2-6H,7,14H2,1H3,(H2,13,16). The summed E-state index contributed by atoms with van der Waals surface area (Å²) >= 11 is 1.43. The zero-order chi connectivity index (χ0) is 12.3. The van der Waals surface area contributed by atoms with Gasteiger partial charge in [-0.1, -0.05) is 30.0 Å². The number of rotatable bonds is 2. The molecule has 88 valence electrons. The summed E-state index contributed by atoms with van der Waals surface area (Å²) in [5.41, 5.74) is 8.78. The van der Waals surface area contributed by atoms with Crippen molar-refractivity contribution in [2.45, 2.75) is 12.7 Å². The predicted octanol–water partition coefficient (Wildman–Crippen LogP) is 1.96. The van der Waals surface area contributed by atoms with Gasteiger partial charge in [-0.2, -0.15) is 5.10 Å². The molecular formula is C12H14N4S. The first-order valence-electron chi connectivity index (χ1n) is 5.22. The van der Waals surface area contributed by atoms with Crippen LogP contribution in [0, 0.1) is 6.92 Å². The van der Waals surface area contributed by atoms with E-state index in [4.69, 9.17) is 11.6 Å². The molecule has 0 aliphatic heterocycles.